The van der Waals surface area contributed by atoms with Crippen molar-refractivity contribution in [3.05, 3.63) is 11.5 Å². The van der Waals surface area contributed by atoms with Crippen LogP contribution in [-0.2, 0) is 9.59 Å². The molecule has 0 bridgehead atoms. The van der Waals surface area contributed by atoms with Gasteiger partial charge in [0.05, 0.1) is 6.42 Å². The highest BCUT2D eigenvalue weighted by molar-refractivity contribution is 5.92. The number of carboxylic acids is 2. The summed E-state index contributed by atoms with van der Waals surface area (Å²) >= 11 is 0. The molecule has 0 amide bonds. The van der Waals surface area contributed by atoms with Crippen LogP contribution in [0.4, 0.5) is 0 Å². The zero-order valence-corrected chi connectivity index (χ0v) is 5.31. The van der Waals surface area contributed by atoms with Crippen molar-refractivity contribution >= 4 is 11.9 Å². The van der Waals surface area contributed by atoms with Gasteiger partial charge in [-0.25, -0.2) is 4.79 Å². The predicted octanol–water partition coefficient (Wildman–Crippen LogP) is -0.127. The topological polar surface area (TPSA) is 115 Å². The highest BCUT2D eigenvalue weighted by Crippen LogP contribution is 2.04. The molecule has 0 atom stereocenters. The average Bonchev–Trinajstić information content (AvgIpc) is 1.81. The van der Waals surface area contributed by atoms with Gasteiger partial charge in [-0.15, -0.1) is 0 Å². The largest absolute Gasteiger partial charge is 0.481 e. The Morgan fingerprint density at radius 3 is 1.55 bits per heavy atom. The van der Waals surface area contributed by atoms with Crippen LogP contribution in [0.25, 0.3) is 0 Å². The number of carboxylic acid groups (broad SMARTS) is 2. The number of aliphatic hydroxyl groups is 2. The average molecular weight is 162 g/mol. The minimum atomic E-state index is -1.66. The van der Waals surface area contributed by atoms with Crippen molar-refractivity contribution in [3.8, 4) is 0 Å². The maximum atomic E-state index is 10.0. The molecule has 0 radical (unpaired) electrons. The van der Waals surface area contributed by atoms with Crippen LogP contribution in [0.2, 0.25) is 0 Å². The van der Waals surface area contributed by atoms with E-state index in [0.717, 1.165) is 0 Å². The number of aliphatic carboxylic acids is 2. The maximum absolute atomic E-state index is 10.0. The lowest BCUT2D eigenvalue weighted by molar-refractivity contribution is -0.140. The second-order valence-corrected chi connectivity index (χ2v) is 1.68. The van der Waals surface area contributed by atoms with Crippen LogP contribution in [0.5, 0.6) is 0 Å². The van der Waals surface area contributed by atoms with Gasteiger partial charge in [0.25, 0.3) is 5.95 Å². The summed E-state index contributed by atoms with van der Waals surface area (Å²) < 4.78 is 0. The van der Waals surface area contributed by atoms with E-state index in [-0.39, 0.29) is 0 Å². The summed E-state index contributed by atoms with van der Waals surface area (Å²) in [6.45, 7) is 0. The summed E-state index contributed by atoms with van der Waals surface area (Å²) in [6.07, 6.45) is -0.919. The molecule has 0 aromatic heterocycles. The van der Waals surface area contributed by atoms with E-state index in [4.69, 9.17) is 20.4 Å². The molecule has 4 N–H and O–H groups in total. The number of hydrogen-bond donors (Lipinski definition) is 4. The molecule has 6 heteroatoms. The van der Waals surface area contributed by atoms with Crippen LogP contribution >= 0.6 is 0 Å². The summed E-state index contributed by atoms with van der Waals surface area (Å²) in [6, 6.07) is 0. The van der Waals surface area contributed by atoms with E-state index in [1.165, 1.54) is 0 Å². The van der Waals surface area contributed by atoms with E-state index >= 15 is 0 Å². The Morgan fingerprint density at radius 1 is 1.00 bits per heavy atom. The van der Waals surface area contributed by atoms with Crippen LogP contribution < -0.4 is 0 Å². The molecule has 0 aromatic rings. The quantitative estimate of drug-likeness (QED) is 0.339. The Hall–Kier alpha value is -1.72. The predicted molar refractivity (Wildman–Crippen MR) is 32.2 cm³/mol. The Labute approximate surface area is 61.0 Å². The van der Waals surface area contributed by atoms with Gasteiger partial charge in [0.15, 0.2) is 0 Å². The zero-order valence-electron chi connectivity index (χ0n) is 5.31. The molecule has 0 spiro atoms. The summed E-state index contributed by atoms with van der Waals surface area (Å²) in [5.74, 6) is -4.57. The van der Waals surface area contributed by atoms with Crippen LogP contribution in [0, 0.1) is 0 Å². The third kappa shape index (κ3) is 3.09. The lowest BCUT2D eigenvalue weighted by atomic mass is 10.2. The molecule has 6 nitrogen and oxygen atoms in total. The van der Waals surface area contributed by atoms with E-state index in [0.29, 0.717) is 0 Å². The normalized spacial score (nSPS) is 8.73. The summed E-state index contributed by atoms with van der Waals surface area (Å²) in [4.78, 5) is 19.9. The van der Waals surface area contributed by atoms with Crippen molar-refractivity contribution in [2.24, 2.45) is 0 Å². The molecule has 0 saturated carbocycles. The van der Waals surface area contributed by atoms with E-state index in [1.54, 1.807) is 0 Å². The number of hydrogen-bond acceptors (Lipinski definition) is 4. The van der Waals surface area contributed by atoms with Gasteiger partial charge in [-0.1, -0.05) is 0 Å². The van der Waals surface area contributed by atoms with Crippen molar-refractivity contribution < 1.29 is 30.0 Å². The first-order chi connectivity index (χ1) is 4.95. The van der Waals surface area contributed by atoms with Gasteiger partial charge >= 0.3 is 11.9 Å². The molecule has 0 aliphatic rings. The molecule has 0 heterocycles. The van der Waals surface area contributed by atoms with E-state index < -0.39 is 29.9 Å². The van der Waals surface area contributed by atoms with E-state index in [1.807, 2.05) is 0 Å². The molecule has 0 rings (SSSR count). The van der Waals surface area contributed by atoms with Crippen molar-refractivity contribution in [1.29, 1.82) is 0 Å². The van der Waals surface area contributed by atoms with Gasteiger partial charge in [0.1, 0.15) is 5.57 Å². The molecule has 0 aromatic carbocycles. The van der Waals surface area contributed by atoms with Crippen molar-refractivity contribution in [3.63, 3.8) is 0 Å². The minimum Gasteiger partial charge on any atom is -0.481 e. The summed E-state index contributed by atoms with van der Waals surface area (Å²) in [7, 11) is 0. The fourth-order valence-electron chi connectivity index (χ4n) is 0.402. The van der Waals surface area contributed by atoms with E-state index in [9.17, 15) is 9.59 Å². The molecule has 0 aliphatic carbocycles. The van der Waals surface area contributed by atoms with Crippen LogP contribution in [-0.4, -0.2) is 32.4 Å². The van der Waals surface area contributed by atoms with Crippen LogP contribution in [0.3, 0.4) is 0 Å². The first-order valence-corrected chi connectivity index (χ1v) is 2.51. The lowest BCUT2D eigenvalue weighted by Crippen LogP contribution is -2.09. The van der Waals surface area contributed by atoms with Gasteiger partial charge in [0, 0.05) is 0 Å². The maximum Gasteiger partial charge on any atom is 0.339 e. The number of carbonyl (C=O) groups is 2. The Bertz CT molecular complexity index is 211. The molecule has 0 unspecified atom stereocenters. The molecule has 0 saturated heterocycles. The lowest BCUT2D eigenvalue weighted by Gasteiger charge is -1.96. The third-order valence-electron chi connectivity index (χ3n) is 0.856. The van der Waals surface area contributed by atoms with Crippen molar-refractivity contribution in [2.45, 2.75) is 6.42 Å². The van der Waals surface area contributed by atoms with Gasteiger partial charge in [-0.3, -0.25) is 4.79 Å². The van der Waals surface area contributed by atoms with E-state index in [2.05, 4.69) is 0 Å². The van der Waals surface area contributed by atoms with Crippen LogP contribution in [0.1, 0.15) is 6.42 Å². The van der Waals surface area contributed by atoms with Crippen molar-refractivity contribution in [1.82, 2.24) is 0 Å². The smallest absolute Gasteiger partial charge is 0.339 e. The number of rotatable bonds is 3. The Morgan fingerprint density at radius 2 is 1.45 bits per heavy atom. The second-order valence-electron chi connectivity index (χ2n) is 1.68. The molecule has 62 valence electrons. The first kappa shape index (κ1) is 9.28. The minimum absolute atomic E-state index is 0.919. The third-order valence-corrected chi connectivity index (χ3v) is 0.856. The Balaban J connectivity index is 4.52. The molecule has 11 heavy (non-hydrogen) atoms. The Kier molecular flexibility index (Phi) is 2.91. The van der Waals surface area contributed by atoms with Gasteiger partial charge < -0.3 is 20.4 Å². The molecule has 0 fully saturated rings. The standard InChI is InChI=1S/C5H6O6/c6-3(7)1-2(4(8)9)5(10)11/h8-9H,1H2,(H,6,7)(H,10,11). The second kappa shape index (κ2) is 3.45. The molecule has 0 aliphatic heterocycles. The zero-order chi connectivity index (χ0) is 9.02. The monoisotopic (exact) mass is 162 g/mol. The first-order valence-electron chi connectivity index (χ1n) is 2.51. The SMILES string of the molecule is O=C(O)CC(C(=O)O)=C(O)O. The molecular weight excluding hydrogens is 156 g/mol. The highest BCUT2D eigenvalue weighted by Gasteiger charge is 2.17. The van der Waals surface area contributed by atoms with Crippen LogP contribution in [0.15, 0.2) is 11.5 Å². The van der Waals surface area contributed by atoms with Crippen molar-refractivity contribution in [2.75, 3.05) is 0 Å². The van der Waals surface area contributed by atoms with Gasteiger partial charge in [-0.05, 0) is 0 Å². The van der Waals surface area contributed by atoms with Gasteiger partial charge in [-0.2, -0.15) is 0 Å². The summed E-state index contributed by atoms with van der Waals surface area (Å²) in [5.41, 5.74) is -0.933. The summed E-state index contributed by atoms with van der Waals surface area (Å²) in [5, 5.41) is 32.7. The number of aliphatic hydroxyl groups excluding tert-OH is 1. The fraction of sp³-hybridized carbons (Fsp3) is 0.200. The fourth-order valence-corrected chi connectivity index (χ4v) is 0.402. The highest BCUT2D eigenvalue weighted by atomic mass is 16.5. The van der Waals surface area contributed by atoms with Gasteiger partial charge in [0.2, 0.25) is 0 Å². The molecular formula is C5H6O6.